The van der Waals surface area contributed by atoms with Crippen LogP contribution in [0.25, 0.3) is 0 Å². The van der Waals surface area contributed by atoms with Crippen LogP contribution in [-0.2, 0) is 10.0 Å². The normalized spacial score (nSPS) is 20.7. The number of hydrogen-bond donors (Lipinski definition) is 1. The lowest BCUT2D eigenvalue weighted by atomic mass is 10.2. The Balaban J connectivity index is 2.41. The molecule has 1 atom stereocenters. The molecule has 1 aromatic rings. The van der Waals surface area contributed by atoms with Crippen LogP contribution in [0.15, 0.2) is 27.6 Å². The maximum atomic E-state index is 12.6. The van der Waals surface area contributed by atoms with E-state index in [2.05, 4.69) is 15.9 Å². The van der Waals surface area contributed by atoms with Gasteiger partial charge in [0.15, 0.2) is 0 Å². The van der Waals surface area contributed by atoms with E-state index in [0.717, 1.165) is 12.8 Å². The summed E-state index contributed by atoms with van der Waals surface area (Å²) in [6, 6.07) is 4.74. The molecule has 0 aromatic heterocycles. The molecule has 0 saturated carbocycles. The fraction of sp³-hybridized carbons (Fsp3) is 0.500. The van der Waals surface area contributed by atoms with Gasteiger partial charge in [-0.2, -0.15) is 4.31 Å². The minimum Gasteiger partial charge on any atom is -0.497 e. The van der Waals surface area contributed by atoms with Crippen molar-refractivity contribution in [3.05, 3.63) is 22.7 Å². The Kier molecular flexibility index (Phi) is 4.50. The first-order valence-corrected chi connectivity index (χ1v) is 8.29. The lowest BCUT2D eigenvalue weighted by molar-refractivity contribution is 0.391. The molecule has 0 amide bonds. The van der Waals surface area contributed by atoms with Gasteiger partial charge in [-0.3, -0.25) is 0 Å². The Morgan fingerprint density at radius 1 is 1.47 bits per heavy atom. The second-order valence-electron chi connectivity index (χ2n) is 4.47. The number of nitrogens with two attached hydrogens (primary N) is 1. The number of rotatable bonds is 4. The van der Waals surface area contributed by atoms with Crippen LogP contribution >= 0.6 is 15.9 Å². The molecule has 0 spiro atoms. The molecule has 1 fully saturated rings. The summed E-state index contributed by atoms with van der Waals surface area (Å²) >= 11 is 3.30. The topological polar surface area (TPSA) is 72.6 Å². The SMILES string of the molecule is COc1cc(Br)cc(S(=O)(=O)N2CCCC2CN)c1. The van der Waals surface area contributed by atoms with Crippen LogP contribution in [-0.4, -0.2) is 39.0 Å². The van der Waals surface area contributed by atoms with E-state index in [9.17, 15) is 8.42 Å². The lowest BCUT2D eigenvalue weighted by Crippen LogP contribution is -2.39. The second-order valence-corrected chi connectivity index (χ2v) is 7.28. The Hall–Kier alpha value is -0.630. The summed E-state index contributed by atoms with van der Waals surface area (Å²) in [5.74, 6) is 0.511. The third-order valence-corrected chi connectivity index (χ3v) is 5.67. The largest absolute Gasteiger partial charge is 0.497 e. The third kappa shape index (κ3) is 2.94. The smallest absolute Gasteiger partial charge is 0.243 e. The number of nitrogens with zero attached hydrogens (tertiary/aromatic N) is 1. The standard InChI is InChI=1S/C12H17BrN2O3S/c1-18-11-5-9(13)6-12(7-11)19(16,17)15-4-2-3-10(15)8-14/h5-7,10H,2-4,8,14H2,1H3. The minimum atomic E-state index is -3.51. The van der Waals surface area contributed by atoms with E-state index in [1.165, 1.54) is 17.5 Å². The van der Waals surface area contributed by atoms with E-state index < -0.39 is 10.0 Å². The van der Waals surface area contributed by atoms with Gasteiger partial charge in [0, 0.05) is 29.7 Å². The summed E-state index contributed by atoms with van der Waals surface area (Å²) in [5, 5.41) is 0. The summed E-state index contributed by atoms with van der Waals surface area (Å²) < 4.78 is 32.5. The van der Waals surface area contributed by atoms with Crippen molar-refractivity contribution in [2.24, 2.45) is 5.73 Å². The minimum absolute atomic E-state index is 0.102. The number of sulfonamides is 1. The highest BCUT2D eigenvalue weighted by atomic mass is 79.9. The number of benzene rings is 1. The molecule has 2 rings (SSSR count). The summed E-state index contributed by atoms with van der Waals surface area (Å²) in [7, 11) is -2.00. The third-order valence-electron chi connectivity index (χ3n) is 3.28. The quantitative estimate of drug-likeness (QED) is 0.896. The zero-order valence-electron chi connectivity index (χ0n) is 10.7. The van der Waals surface area contributed by atoms with E-state index in [-0.39, 0.29) is 10.9 Å². The van der Waals surface area contributed by atoms with Crippen molar-refractivity contribution in [3.63, 3.8) is 0 Å². The molecule has 1 heterocycles. The van der Waals surface area contributed by atoms with E-state index in [1.54, 1.807) is 12.1 Å². The molecule has 7 heteroatoms. The summed E-state index contributed by atoms with van der Waals surface area (Å²) in [6.45, 7) is 0.878. The number of hydrogen-bond acceptors (Lipinski definition) is 4. The Labute approximate surface area is 121 Å². The van der Waals surface area contributed by atoms with Crippen LogP contribution < -0.4 is 10.5 Å². The molecule has 1 saturated heterocycles. The van der Waals surface area contributed by atoms with Gasteiger partial charge in [0.2, 0.25) is 10.0 Å². The molecule has 19 heavy (non-hydrogen) atoms. The average molecular weight is 349 g/mol. The molecule has 1 aliphatic rings. The van der Waals surface area contributed by atoms with Crippen LogP contribution in [0.4, 0.5) is 0 Å². The Morgan fingerprint density at radius 2 is 2.21 bits per heavy atom. The van der Waals surface area contributed by atoms with Gasteiger partial charge in [-0.15, -0.1) is 0 Å². The summed E-state index contributed by atoms with van der Waals surface area (Å²) in [6.07, 6.45) is 1.67. The lowest BCUT2D eigenvalue weighted by Gasteiger charge is -2.23. The van der Waals surface area contributed by atoms with Crippen molar-refractivity contribution in [1.82, 2.24) is 4.31 Å². The van der Waals surface area contributed by atoms with Crippen molar-refractivity contribution in [2.45, 2.75) is 23.8 Å². The molecule has 2 N–H and O–H groups in total. The first-order chi connectivity index (χ1) is 8.98. The van der Waals surface area contributed by atoms with Gasteiger partial charge in [0.25, 0.3) is 0 Å². The molecule has 0 radical (unpaired) electrons. The van der Waals surface area contributed by atoms with Gasteiger partial charge in [-0.25, -0.2) is 8.42 Å². The number of halogens is 1. The van der Waals surface area contributed by atoms with Gasteiger partial charge >= 0.3 is 0 Å². The average Bonchev–Trinajstić information content (AvgIpc) is 2.86. The van der Waals surface area contributed by atoms with Gasteiger partial charge in [-0.05, 0) is 25.0 Å². The van der Waals surface area contributed by atoms with E-state index in [1.807, 2.05) is 0 Å². The predicted molar refractivity (Wildman–Crippen MR) is 76.7 cm³/mol. The maximum absolute atomic E-state index is 12.6. The van der Waals surface area contributed by atoms with Gasteiger partial charge < -0.3 is 10.5 Å². The van der Waals surface area contributed by atoms with E-state index >= 15 is 0 Å². The molecular weight excluding hydrogens is 332 g/mol. The van der Waals surface area contributed by atoms with Crippen LogP contribution in [0.5, 0.6) is 5.75 Å². The Bertz CT molecular complexity index is 562. The highest BCUT2D eigenvalue weighted by Crippen LogP contribution is 2.30. The molecule has 0 aliphatic carbocycles. The van der Waals surface area contributed by atoms with Crippen molar-refractivity contribution < 1.29 is 13.2 Å². The van der Waals surface area contributed by atoms with Crippen molar-refractivity contribution >= 4 is 26.0 Å². The number of methoxy groups -OCH3 is 1. The fourth-order valence-corrected chi connectivity index (χ4v) is 4.69. The van der Waals surface area contributed by atoms with Crippen LogP contribution in [0.2, 0.25) is 0 Å². The molecule has 0 bridgehead atoms. The van der Waals surface area contributed by atoms with Gasteiger partial charge in [-0.1, -0.05) is 15.9 Å². The Morgan fingerprint density at radius 3 is 2.84 bits per heavy atom. The first-order valence-electron chi connectivity index (χ1n) is 6.05. The molecule has 1 aromatic carbocycles. The van der Waals surface area contributed by atoms with Crippen LogP contribution in [0, 0.1) is 0 Å². The van der Waals surface area contributed by atoms with Crippen molar-refractivity contribution in [1.29, 1.82) is 0 Å². The van der Waals surface area contributed by atoms with Crippen LogP contribution in [0.1, 0.15) is 12.8 Å². The zero-order valence-corrected chi connectivity index (χ0v) is 13.1. The van der Waals surface area contributed by atoms with Gasteiger partial charge in [0.05, 0.1) is 12.0 Å². The number of ether oxygens (including phenoxy) is 1. The molecule has 106 valence electrons. The first kappa shape index (κ1) is 14.8. The molecular formula is C12H17BrN2O3S. The monoisotopic (exact) mass is 348 g/mol. The predicted octanol–water partition coefficient (Wildman–Crippen LogP) is 1.57. The van der Waals surface area contributed by atoms with E-state index in [4.69, 9.17) is 10.5 Å². The summed E-state index contributed by atoms with van der Waals surface area (Å²) in [4.78, 5) is 0.235. The fourth-order valence-electron chi connectivity index (χ4n) is 2.30. The molecule has 1 aliphatic heterocycles. The van der Waals surface area contributed by atoms with Crippen molar-refractivity contribution in [2.75, 3.05) is 20.2 Å². The maximum Gasteiger partial charge on any atom is 0.243 e. The highest BCUT2D eigenvalue weighted by Gasteiger charge is 2.34. The molecule has 5 nitrogen and oxygen atoms in total. The van der Waals surface area contributed by atoms with E-state index in [0.29, 0.717) is 23.3 Å². The van der Waals surface area contributed by atoms with Gasteiger partial charge in [0.1, 0.15) is 5.75 Å². The second kappa shape index (κ2) is 5.78. The van der Waals surface area contributed by atoms with Crippen molar-refractivity contribution in [3.8, 4) is 5.75 Å². The summed E-state index contributed by atoms with van der Waals surface area (Å²) in [5.41, 5.74) is 5.64. The highest BCUT2D eigenvalue weighted by molar-refractivity contribution is 9.10. The van der Waals surface area contributed by atoms with Crippen LogP contribution in [0.3, 0.4) is 0 Å². The molecule has 1 unspecified atom stereocenters. The zero-order chi connectivity index (χ0) is 14.0.